The molecule has 0 radical (unpaired) electrons. The van der Waals surface area contributed by atoms with Crippen molar-refractivity contribution >= 4 is 21.9 Å². The van der Waals surface area contributed by atoms with E-state index >= 15 is 0 Å². The van der Waals surface area contributed by atoms with E-state index in [2.05, 4.69) is 0 Å². The topological polar surface area (TPSA) is 222 Å². The van der Waals surface area contributed by atoms with E-state index in [0.717, 1.165) is 12.1 Å². The number of fused-ring (bicyclic) bond motifs is 2. The first kappa shape index (κ1) is 27.3. The maximum Gasteiger partial charge on any atom is 0.238 e. The van der Waals surface area contributed by atoms with Gasteiger partial charge in [-0.05, 0) is 30.3 Å². The van der Waals surface area contributed by atoms with Crippen LogP contribution in [0.4, 0.5) is 0 Å². The Balaban J connectivity index is 0.000000168. The van der Waals surface area contributed by atoms with Gasteiger partial charge in [-0.2, -0.15) is 0 Å². The normalized spacial score (nSPS) is 10.9. The summed E-state index contributed by atoms with van der Waals surface area (Å²) in [5, 5.41) is 76.5. The highest BCUT2D eigenvalue weighted by atomic mass is 16.4. The molecule has 0 aliphatic carbocycles. The molecule has 2 aromatic heterocycles. The van der Waals surface area contributed by atoms with Crippen molar-refractivity contribution in [2.75, 3.05) is 0 Å². The molecule has 0 bridgehead atoms. The highest BCUT2D eigenvalue weighted by Crippen LogP contribution is 2.42. The molecule has 12 heteroatoms. The number of phenols is 6. The summed E-state index contributed by atoms with van der Waals surface area (Å²) in [5.41, 5.74) is -0.933. The van der Waals surface area contributed by atoms with E-state index in [0.29, 0.717) is 5.56 Å². The van der Waals surface area contributed by atoms with Crippen LogP contribution in [0, 0.1) is 0 Å². The molecule has 6 rings (SSSR count). The molecule has 2 heterocycles. The number of hydrogen-bond acceptors (Lipinski definition) is 12. The van der Waals surface area contributed by atoms with Crippen LogP contribution in [0.25, 0.3) is 44.6 Å². The number of benzene rings is 4. The Morgan fingerprint density at radius 1 is 0.476 bits per heavy atom. The number of aromatic hydroxyl groups is 8. The summed E-state index contributed by atoms with van der Waals surface area (Å²) in [7, 11) is 0. The van der Waals surface area contributed by atoms with Crippen molar-refractivity contribution < 1.29 is 49.7 Å². The standard InChI is InChI=1S/2C15H10O6/c16-8-2-3-9-12(6-8)21-15(14(20)13(9)19)7-1-4-10(17)11(18)5-7;16-8-6-9-10(12(18)11(8)17)13(19)14(20)15(21-9)7-4-2-1-3-5-7/h2*1-6,16-18,20H. The zero-order chi connectivity index (χ0) is 30.3. The molecule has 42 heavy (non-hydrogen) atoms. The molecule has 0 saturated heterocycles. The van der Waals surface area contributed by atoms with Crippen LogP contribution in [-0.4, -0.2) is 40.9 Å². The van der Waals surface area contributed by atoms with Crippen LogP contribution in [-0.2, 0) is 0 Å². The van der Waals surface area contributed by atoms with Crippen LogP contribution < -0.4 is 10.9 Å². The van der Waals surface area contributed by atoms with E-state index in [1.807, 2.05) is 0 Å². The average Bonchev–Trinajstić information content (AvgIpc) is 2.97. The van der Waals surface area contributed by atoms with Crippen molar-refractivity contribution in [3.05, 3.63) is 93.2 Å². The van der Waals surface area contributed by atoms with Gasteiger partial charge < -0.3 is 49.7 Å². The summed E-state index contributed by atoms with van der Waals surface area (Å²) in [6.07, 6.45) is 0. The molecule has 12 nitrogen and oxygen atoms in total. The molecule has 0 saturated carbocycles. The van der Waals surface area contributed by atoms with E-state index in [9.17, 15) is 50.4 Å². The average molecular weight is 572 g/mol. The van der Waals surface area contributed by atoms with Gasteiger partial charge >= 0.3 is 0 Å². The van der Waals surface area contributed by atoms with Crippen molar-refractivity contribution in [3.8, 4) is 68.6 Å². The summed E-state index contributed by atoms with van der Waals surface area (Å²) >= 11 is 0. The molecule has 0 amide bonds. The Kier molecular flexibility index (Phi) is 6.72. The zero-order valence-corrected chi connectivity index (χ0v) is 21.1. The van der Waals surface area contributed by atoms with Crippen LogP contribution in [0.15, 0.2) is 91.2 Å². The molecule has 0 spiro atoms. The third-order valence-electron chi connectivity index (χ3n) is 6.21. The Bertz CT molecular complexity index is 2110. The predicted molar refractivity (Wildman–Crippen MR) is 149 cm³/mol. The summed E-state index contributed by atoms with van der Waals surface area (Å²) in [5.74, 6) is -4.69. The lowest BCUT2D eigenvalue weighted by atomic mass is 10.1. The van der Waals surface area contributed by atoms with Gasteiger partial charge in [-0.3, -0.25) is 9.59 Å². The minimum Gasteiger partial charge on any atom is -0.508 e. The van der Waals surface area contributed by atoms with Crippen molar-refractivity contribution in [1.82, 2.24) is 0 Å². The molecular formula is C30H20O12. The predicted octanol–water partition coefficient (Wildman–Crippen LogP) is 4.56. The van der Waals surface area contributed by atoms with Gasteiger partial charge in [0.15, 0.2) is 34.5 Å². The highest BCUT2D eigenvalue weighted by molar-refractivity contribution is 5.91. The molecule has 0 unspecified atom stereocenters. The van der Waals surface area contributed by atoms with Gasteiger partial charge in [0.1, 0.15) is 22.3 Å². The van der Waals surface area contributed by atoms with E-state index in [-0.39, 0.29) is 45.1 Å². The Labute approximate surface area is 233 Å². The smallest absolute Gasteiger partial charge is 0.238 e. The number of rotatable bonds is 2. The minimum atomic E-state index is -0.900. The monoisotopic (exact) mass is 572 g/mol. The quantitative estimate of drug-likeness (QED) is 0.134. The van der Waals surface area contributed by atoms with E-state index in [1.54, 1.807) is 30.3 Å². The zero-order valence-electron chi connectivity index (χ0n) is 21.1. The van der Waals surface area contributed by atoms with Gasteiger partial charge in [-0.1, -0.05) is 30.3 Å². The first-order valence-corrected chi connectivity index (χ1v) is 12.0. The Morgan fingerprint density at radius 3 is 1.81 bits per heavy atom. The van der Waals surface area contributed by atoms with Crippen molar-refractivity contribution in [2.24, 2.45) is 0 Å². The Morgan fingerprint density at radius 2 is 1.12 bits per heavy atom. The highest BCUT2D eigenvalue weighted by Gasteiger charge is 2.22. The van der Waals surface area contributed by atoms with E-state index < -0.39 is 50.7 Å². The molecule has 0 atom stereocenters. The van der Waals surface area contributed by atoms with Gasteiger partial charge in [-0.15, -0.1) is 0 Å². The minimum absolute atomic E-state index is 0.0856. The number of hydrogen-bond donors (Lipinski definition) is 8. The van der Waals surface area contributed by atoms with Crippen molar-refractivity contribution in [2.45, 2.75) is 0 Å². The fourth-order valence-electron chi connectivity index (χ4n) is 4.12. The lowest BCUT2D eigenvalue weighted by molar-refractivity contribution is 0.369. The van der Waals surface area contributed by atoms with Gasteiger partial charge in [0.2, 0.25) is 28.1 Å². The van der Waals surface area contributed by atoms with Gasteiger partial charge in [0.05, 0.1) is 5.39 Å². The first-order chi connectivity index (χ1) is 20.0. The lowest BCUT2D eigenvalue weighted by Gasteiger charge is -2.08. The van der Waals surface area contributed by atoms with Gasteiger partial charge in [0.25, 0.3) is 0 Å². The van der Waals surface area contributed by atoms with Gasteiger partial charge in [-0.25, -0.2) is 0 Å². The molecule has 0 fully saturated rings. The van der Waals surface area contributed by atoms with Crippen LogP contribution in [0.5, 0.6) is 46.0 Å². The van der Waals surface area contributed by atoms with Crippen molar-refractivity contribution in [1.29, 1.82) is 0 Å². The van der Waals surface area contributed by atoms with Crippen LogP contribution in [0.2, 0.25) is 0 Å². The molecule has 8 N–H and O–H groups in total. The third-order valence-corrected chi connectivity index (χ3v) is 6.21. The molecule has 4 aromatic carbocycles. The van der Waals surface area contributed by atoms with E-state index in [4.69, 9.17) is 8.83 Å². The maximum atomic E-state index is 12.1. The summed E-state index contributed by atoms with van der Waals surface area (Å²) in [6, 6.07) is 17.1. The van der Waals surface area contributed by atoms with Gasteiger partial charge in [0, 0.05) is 23.3 Å². The van der Waals surface area contributed by atoms with E-state index in [1.165, 1.54) is 30.3 Å². The maximum absolute atomic E-state index is 12.1. The second kappa shape index (κ2) is 10.4. The summed E-state index contributed by atoms with van der Waals surface area (Å²) in [4.78, 5) is 24.2. The molecular weight excluding hydrogens is 552 g/mol. The Hall–Kier alpha value is -6.30. The summed E-state index contributed by atoms with van der Waals surface area (Å²) < 4.78 is 10.8. The van der Waals surface area contributed by atoms with Crippen LogP contribution >= 0.6 is 0 Å². The molecule has 6 aromatic rings. The molecule has 0 aliphatic rings. The SMILES string of the molecule is O=c1c(O)c(-c2ccc(O)c(O)c2)oc2cc(O)ccc12.O=c1c(O)c(-c2ccccc2)oc2cc(O)c(O)c(O)c12. The number of phenolic OH excluding ortho intramolecular Hbond substituents is 6. The van der Waals surface area contributed by atoms with Crippen LogP contribution in [0.3, 0.4) is 0 Å². The van der Waals surface area contributed by atoms with Crippen LogP contribution in [0.1, 0.15) is 0 Å². The molecule has 0 aliphatic heterocycles. The fourth-order valence-corrected chi connectivity index (χ4v) is 4.12. The molecule has 212 valence electrons. The fraction of sp³-hybridized carbons (Fsp3) is 0. The lowest BCUT2D eigenvalue weighted by Crippen LogP contribution is -2.03. The first-order valence-electron chi connectivity index (χ1n) is 12.0. The third kappa shape index (κ3) is 4.69. The second-order valence-electron chi connectivity index (χ2n) is 8.93. The largest absolute Gasteiger partial charge is 0.508 e. The second-order valence-corrected chi connectivity index (χ2v) is 8.93. The van der Waals surface area contributed by atoms with Crippen molar-refractivity contribution in [3.63, 3.8) is 0 Å². The summed E-state index contributed by atoms with van der Waals surface area (Å²) in [6.45, 7) is 0.